The maximum Gasteiger partial charge on any atom is 0.259 e. The number of fused-ring (bicyclic) bond motifs is 1. The number of hydrogen-bond donors (Lipinski definition) is 1. The second-order valence-electron chi connectivity index (χ2n) is 4.82. The van der Waals surface area contributed by atoms with Gasteiger partial charge in [0.2, 0.25) is 0 Å². The molecule has 0 bridgehead atoms. The molecule has 0 saturated heterocycles. The monoisotopic (exact) mass is 311 g/mol. The lowest BCUT2D eigenvalue weighted by Crippen LogP contribution is -2.22. The summed E-state index contributed by atoms with van der Waals surface area (Å²) in [5.41, 5.74) is 4.29. The minimum atomic E-state index is -0.190. The van der Waals surface area contributed by atoms with Crippen molar-refractivity contribution in [2.24, 2.45) is 5.10 Å². The number of para-hydroxylation sites is 1. The summed E-state index contributed by atoms with van der Waals surface area (Å²) in [6, 6.07) is 17.2. The Hall–Kier alpha value is -2.59. The number of carbonyl (C=O) groups is 1. The molecule has 4 nitrogen and oxygen atoms in total. The summed E-state index contributed by atoms with van der Waals surface area (Å²) in [6.07, 6.45) is 3.43. The molecule has 0 aliphatic heterocycles. The van der Waals surface area contributed by atoms with E-state index in [1.165, 1.54) is 6.21 Å². The molecule has 1 amide bonds. The number of benzene rings is 2. The van der Waals surface area contributed by atoms with Gasteiger partial charge in [-0.3, -0.25) is 4.79 Å². The Morgan fingerprint density at radius 2 is 1.91 bits per heavy atom. The number of carbonyl (C=O) groups excluding carboxylic acids is 1. The number of aromatic nitrogens is 1. The Morgan fingerprint density at radius 1 is 1.14 bits per heavy atom. The van der Waals surface area contributed by atoms with Crippen LogP contribution in [0, 0.1) is 0 Å². The molecule has 0 aliphatic rings. The number of nitrogens with one attached hydrogen (secondary N) is 1. The zero-order valence-electron chi connectivity index (χ0n) is 11.7. The van der Waals surface area contributed by atoms with Crippen molar-refractivity contribution in [3.8, 4) is 0 Å². The van der Waals surface area contributed by atoms with Crippen LogP contribution in [0.1, 0.15) is 5.56 Å². The Bertz CT molecular complexity index is 839. The predicted molar refractivity (Wildman–Crippen MR) is 89.1 cm³/mol. The summed E-state index contributed by atoms with van der Waals surface area (Å²) in [6.45, 7) is 0.216. The molecular weight excluding hydrogens is 298 g/mol. The first-order valence-corrected chi connectivity index (χ1v) is 7.22. The summed E-state index contributed by atoms with van der Waals surface area (Å²) in [5, 5.41) is 5.64. The zero-order chi connectivity index (χ0) is 15.4. The van der Waals surface area contributed by atoms with Gasteiger partial charge in [0.1, 0.15) is 6.54 Å². The van der Waals surface area contributed by atoms with E-state index in [9.17, 15) is 4.79 Å². The maximum atomic E-state index is 12.0. The fraction of sp³-hybridized carbons (Fsp3) is 0.0588. The van der Waals surface area contributed by atoms with E-state index in [-0.39, 0.29) is 12.5 Å². The average molecular weight is 312 g/mol. The van der Waals surface area contributed by atoms with Gasteiger partial charge in [-0.1, -0.05) is 48.0 Å². The number of halogens is 1. The van der Waals surface area contributed by atoms with Crippen LogP contribution >= 0.6 is 11.6 Å². The van der Waals surface area contributed by atoms with Crippen LogP contribution in [0.4, 0.5) is 0 Å². The molecule has 3 rings (SSSR count). The minimum absolute atomic E-state index is 0.190. The molecule has 0 saturated carbocycles. The fourth-order valence-electron chi connectivity index (χ4n) is 2.22. The number of hydrogen-bond acceptors (Lipinski definition) is 2. The van der Waals surface area contributed by atoms with Gasteiger partial charge >= 0.3 is 0 Å². The van der Waals surface area contributed by atoms with Crippen LogP contribution < -0.4 is 5.43 Å². The van der Waals surface area contributed by atoms with E-state index < -0.39 is 0 Å². The molecule has 0 spiro atoms. The van der Waals surface area contributed by atoms with Crippen molar-refractivity contribution in [3.63, 3.8) is 0 Å². The van der Waals surface area contributed by atoms with Crippen molar-refractivity contribution >= 4 is 34.6 Å². The Labute approximate surface area is 133 Å². The lowest BCUT2D eigenvalue weighted by Gasteiger charge is -2.04. The number of nitrogens with zero attached hydrogens (tertiary/aromatic N) is 2. The van der Waals surface area contributed by atoms with Crippen molar-refractivity contribution in [3.05, 3.63) is 71.4 Å². The molecule has 1 heterocycles. The largest absolute Gasteiger partial charge is 0.338 e. The molecule has 1 N–H and O–H groups in total. The molecule has 5 heteroatoms. The van der Waals surface area contributed by atoms with Crippen molar-refractivity contribution in [2.45, 2.75) is 6.54 Å². The van der Waals surface area contributed by atoms with Crippen LogP contribution in [0.15, 0.2) is 65.9 Å². The smallest absolute Gasteiger partial charge is 0.259 e. The third-order valence-corrected chi connectivity index (χ3v) is 3.64. The van der Waals surface area contributed by atoms with Crippen LogP contribution in [0.25, 0.3) is 10.9 Å². The quantitative estimate of drug-likeness (QED) is 0.582. The van der Waals surface area contributed by atoms with Crippen LogP contribution in [0.2, 0.25) is 5.02 Å². The normalized spacial score (nSPS) is 11.1. The maximum absolute atomic E-state index is 12.0. The Kier molecular flexibility index (Phi) is 4.21. The third kappa shape index (κ3) is 3.18. The molecule has 1 aromatic heterocycles. The highest BCUT2D eigenvalue weighted by molar-refractivity contribution is 6.33. The molecule has 2 aromatic carbocycles. The van der Waals surface area contributed by atoms with E-state index >= 15 is 0 Å². The Morgan fingerprint density at radius 3 is 2.77 bits per heavy atom. The van der Waals surface area contributed by atoms with Crippen LogP contribution in [-0.2, 0) is 11.3 Å². The van der Waals surface area contributed by atoms with Crippen LogP contribution in [0.3, 0.4) is 0 Å². The van der Waals surface area contributed by atoms with Crippen LogP contribution in [0.5, 0.6) is 0 Å². The fourth-order valence-corrected chi connectivity index (χ4v) is 2.41. The Balaban J connectivity index is 1.65. The highest BCUT2D eigenvalue weighted by Gasteiger charge is 2.04. The van der Waals surface area contributed by atoms with E-state index in [1.807, 2.05) is 59.3 Å². The lowest BCUT2D eigenvalue weighted by atomic mass is 10.2. The van der Waals surface area contributed by atoms with Gasteiger partial charge in [0.05, 0.1) is 6.21 Å². The summed E-state index contributed by atoms with van der Waals surface area (Å²) in [7, 11) is 0. The molecular formula is C17H14ClN3O. The summed E-state index contributed by atoms with van der Waals surface area (Å²) < 4.78 is 1.88. The third-order valence-electron chi connectivity index (χ3n) is 3.29. The van der Waals surface area contributed by atoms with Crippen molar-refractivity contribution in [2.75, 3.05) is 0 Å². The zero-order valence-corrected chi connectivity index (χ0v) is 12.5. The molecule has 0 fully saturated rings. The van der Waals surface area contributed by atoms with Crippen molar-refractivity contribution < 1.29 is 4.79 Å². The van der Waals surface area contributed by atoms with Gasteiger partial charge in [-0.05, 0) is 23.6 Å². The van der Waals surface area contributed by atoms with E-state index in [4.69, 9.17) is 11.6 Å². The standard InChI is InChI=1S/C17H14ClN3O/c18-15-7-3-1-6-14(15)11-19-20-17(22)12-21-10-9-13-5-2-4-8-16(13)21/h1-11H,12H2,(H,20,22)/b19-11+. The molecule has 0 unspecified atom stereocenters. The van der Waals surface area contributed by atoms with Crippen molar-refractivity contribution in [1.29, 1.82) is 0 Å². The first-order valence-electron chi connectivity index (χ1n) is 6.84. The van der Waals surface area contributed by atoms with Gasteiger partial charge in [0, 0.05) is 22.3 Å². The van der Waals surface area contributed by atoms with Gasteiger partial charge in [-0.2, -0.15) is 5.10 Å². The van der Waals surface area contributed by atoms with Gasteiger partial charge < -0.3 is 4.57 Å². The molecule has 0 aliphatic carbocycles. The summed E-state index contributed by atoms with van der Waals surface area (Å²) in [5.74, 6) is -0.190. The van der Waals surface area contributed by atoms with E-state index in [2.05, 4.69) is 10.5 Å². The van der Waals surface area contributed by atoms with Gasteiger partial charge in [-0.25, -0.2) is 5.43 Å². The van der Waals surface area contributed by atoms with Gasteiger partial charge in [0.15, 0.2) is 0 Å². The van der Waals surface area contributed by atoms with E-state index in [0.29, 0.717) is 5.02 Å². The number of rotatable bonds is 4. The van der Waals surface area contributed by atoms with Gasteiger partial charge in [0.25, 0.3) is 5.91 Å². The topological polar surface area (TPSA) is 46.4 Å². The highest BCUT2D eigenvalue weighted by Crippen LogP contribution is 2.14. The molecule has 110 valence electrons. The molecule has 0 radical (unpaired) electrons. The predicted octanol–water partition coefficient (Wildman–Crippen LogP) is 3.45. The second kappa shape index (κ2) is 6.45. The average Bonchev–Trinajstić information content (AvgIpc) is 2.92. The first kappa shape index (κ1) is 14.4. The number of amides is 1. The molecule has 0 atom stereocenters. The summed E-state index contributed by atoms with van der Waals surface area (Å²) in [4.78, 5) is 12.0. The van der Waals surface area contributed by atoms with Crippen molar-refractivity contribution in [1.82, 2.24) is 9.99 Å². The molecule has 3 aromatic rings. The van der Waals surface area contributed by atoms with E-state index in [1.54, 1.807) is 6.07 Å². The second-order valence-corrected chi connectivity index (χ2v) is 5.22. The van der Waals surface area contributed by atoms with E-state index in [0.717, 1.165) is 16.5 Å². The molecule has 22 heavy (non-hydrogen) atoms. The van der Waals surface area contributed by atoms with Crippen LogP contribution in [-0.4, -0.2) is 16.7 Å². The SMILES string of the molecule is O=C(Cn1ccc2ccccc21)N/N=C/c1ccccc1Cl. The minimum Gasteiger partial charge on any atom is -0.338 e. The summed E-state index contributed by atoms with van der Waals surface area (Å²) >= 11 is 6.01. The van der Waals surface area contributed by atoms with Gasteiger partial charge in [-0.15, -0.1) is 0 Å². The first-order chi connectivity index (χ1) is 10.7. The number of hydrazone groups is 1. The lowest BCUT2D eigenvalue weighted by molar-refractivity contribution is -0.121. The highest BCUT2D eigenvalue weighted by atomic mass is 35.5.